The molecule has 2 rings (SSSR count). The van der Waals surface area contributed by atoms with Crippen molar-refractivity contribution in [1.82, 2.24) is 15.5 Å². The maximum absolute atomic E-state index is 11.8. The minimum absolute atomic E-state index is 0. The Labute approximate surface area is 185 Å². The smallest absolute Gasteiger partial charge is 0.409 e. The molecule has 1 aromatic rings. The summed E-state index contributed by atoms with van der Waals surface area (Å²) in [4.78, 5) is 18.3. The number of likely N-dealkylation sites (tertiary alicyclic amines) is 1. The van der Waals surface area contributed by atoms with Gasteiger partial charge in [0, 0.05) is 32.8 Å². The lowest BCUT2D eigenvalue weighted by molar-refractivity contribution is 0.0963. The predicted octanol–water partition coefficient (Wildman–Crippen LogP) is 3.13. The van der Waals surface area contributed by atoms with Gasteiger partial charge in [-0.15, -0.1) is 24.0 Å². The Bertz CT molecular complexity index is 602. The van der Waals surface area contributed by atoms with Crippen molar-refractivity contribution in [3.63, 3.8) is 0 Å². The fraction of sp³-hybridized carbons (Fsp3) is 0.600. The minimum atomic E-state index is -0.214. The van der Waals surface area contributed by atoms with E-state index in [0.29, 0.717) is 38.9 Å². The van der Waals surface area contributed by atoms with Gasteiger partial charge in [-0.3, -0.25) is 0 Å². The molecule has 1 aliphatic heterocycles. The summed E-state index contributed by atoms with van der Waals surface area (Å²) >= 11 is 0. The fourth-order valence-electron chi connectivity index (χ4n) is 3.01. The molecule has 1 saturated heterocycles. The highest BCUT2D eigenvalue weighted by atomic mass is 127. The van der Waals surface area contributed by atoms with Crippen molar-refractivity contribution in [2.45, 2.75) is 45.9 Å². The van der Waals surface area contributed by atoms with Crippen LogP contribution < -0.4 is 10.6 Å². The van der Waals surface area contributed by atoms with E-state index in [1.807, 2.05) is 6.92 Å². The Morgan fingerprint density at radius 2 is 1.82 bits per heavy atom. The Morgan fingerprint density at radius 1 is 1.18 bits per heavy atom. The highest BCUT2D eigenvalue weighted by molar-refractivity contribution is 14.0. The Morgan fingerprint density at radius 3 is 2.39 bits per heavy atom. The molecule has 28 heavy (non-hydrogen) atoms. The maximum Gasteiger partial charge on any atom is 0.409 e. The summed E-state index contributed by atoms with van der Waals surface area (Å²) in [5.74, 6) is 0.813. The van der Waals surface area contributed by atoms with Crippen molar-refractivity contribution < 1.29 is 14.3 Å². The van der Waals surface area contributed by atoms with Gasteiger partial charge in [-0.05, 0) is 37.8 Å². The van der Waals surface area contributed by atoms with Crippen LogP contribution in [0.3, 0.4) is 0 Å². The van der Waals surface area contributed by atoms with E-state index in [0.717, 1.165) is 36.5 Å². The van der Waals surface area contributed by atoms with Gasteiger partial charge in [0.25, 0.3) is 0 Å². The highest BCUT2D eigenvalue weighted by Gasteiger charge is 2.23. The van der Waals surface area contributed by atoms with Crippen molar-refractivity contribution in [2.75, 3.05) is 33.4 Å². The molecule has 0 atom stereocenters. The number of benzene rings is 1. The van der Waals surface area contributed by atoms with Gasteiger partial charge in [0.05, 0.1) is 19.8 Å². The molecule has 1 fully saturated rings. The number of hydrogen-bond donors (Lipinski definition) is 2. The van der Waals surface area contributed by atoms with Crippen LogP contribution in [0.25, 0.3) is 0 Å². The van der Waals surface area contributed by atoms with Crippen molar-refractivity contribution in [1.29, 1.82) is 0 Å². The number of carbonyl (C=O) groups excluding carboxylic acids is 1. The number of ether oxygens (including phenoxy) is 2. The molecule has 1 aliphatic rings. The second-order valence-corrected chi connectivity index (χ2v) is 6.55. The molecule has 0 spiro atoms. The van der Waals surface area contributed by atoms with Crippen LogP contribution in [0.1, 0.15) is 37.8 Å². The first kappa shape index (κ1) is 24.5. The molecule has 1 aromatic carbocycles. The standard InChI is InChI=1S/C20H32N4O3.HI/c1-4-21-19(22-14-16-6-8-17(9-7-16)15-26-3)23-18-10-12-24(13-11-18)20(25)27-5-2;/h6-9,18H,4-5,10-15H2,1-3H3,(H2,21,22,23);1H. The monoisotopic (exact) mass is 504 g/mol. The van der Waals surface area contributed by atoms with E-state index in [-0.39, 0.29) is 30.1 Å². The van der Waals surface area contributed by atoms with Crippen LogP contribution in [0, 0.1) is 0 Å². The summed E-state index contributed by atoms with van der Waals surface area (Å²) in [6.07, 6.45) is 1.55. The highest BCUT2D eigenvalue weighted by Crippen LogP contribution is 2.12. The van der Waals surface area contributed by atoms with Gasteiger partial charge in [0.1, 0.15) is 0 Å². The first-order chi connectivity index (χ1) is 13.2. The van der Waals surface area contributed by atoms with Gasteiger partial charge < -0.3 is 25.0 Å². The molecule has 1 heterocycles. The summed E-state index contributed by atoms with van der Waals surface area (Å²) in [5.41, 5.74) is 2.31. The minimum Gasteiger partial charge on any atom is -0.450 e. The number of nitrogens with zero attached hydrogens (tertiary/aromatic N) is 2. The molecular formula is C20H33IN4O3. The lowest BCUT2D eigenvalue weighted by atomic mass is 10.1. The number of rotatable bonds is 7. The molecule has 0 radical (unpaired) electrons. The third-order valence-electron chi connectivity index (χ3n) is 4.46. The van der Waals surface area contributed by atoms with E-state index >= 15 is 0 Å². The number of aliphatic imine (C=N–C) groups is 1. The number of amides is 1. The summed E-state index contributed by atoms with van der Waals surface area (Å²) < 4.78 is 10.2. The molecule has 7 nitrogen and oxygen atoms in total. The normalized spacial score (nSPS) is 15.0. The second-order valence-electron chi connectivity index (χ2n) is 6.55. The molecule has 1 amide bonds. The van der Waals surface area contributed by atoms with Crippen molar-refractivity contribution in [3.8, 4) is 0 Å². The first-order valence-electron chi connectivity index (χ1n) is 9.69. The van der Waals surface area contributed by atoms with Crippen LogP contribution >= 0.6 is 24.0 Å². The van der Waals surface area contributed by atoms with E-state index in [4.69, 9.17) is 14.5 Å². The van der Waals surface area contributed by atoms with Gasteiger partial charge in [-0.25, -0.2) is 9.79 Å². The van der Waals surface area contributed by atoms with E-state index in [2.05, 4.69) is 41.8 Å². The average Bonchev–Trinajstić information content (AvgIpc) is 2.68. The molecule has 2 N–H and O–H groups in total. The van der Waals surface area contributed by atoms with E-state index < -0.39 is 0 Å². The lowest BCUT2D eigenvalue weighted by Crippen LogP contribution is -2.49. The Hall–Kier alpha value is -1.55. The summed E-state index contributed by atoms with van der Waals surface area (Å²) in [6, 6.07) is 8.61. The molecule has 0 aromatic heterocycles. The molecule has 0 aliphatic carbocycles. The predicted molar refractivity (Wildman–Crippen MR) is 122 cm³/mol. The molecule has 8 heteroatoms. The van der Waals surface area contributed by atoms with Crippen LogP contribution in [0.15, 0.2) is 29.3 Å². The number of carbonyl (C=O) groups is 1. The molecule has 0 bridgehead atoms. The number of methoxy groups -OCH3 is 1. The van der Waals surface area contributed by atoms with Crippen molar-refractivity contribution in [2.24, 2.45) is 4.99 Å². The molecular weight excluding hydrogens is 471 g/mol. The fourth-order valence-corrected chi connectivity index (χ4v) is 3.01. The zero-order valence-electron chi connectivity index (χ0n) is 17.1. The lowest BCUT2D eigenvalue weighted by Gasteiger charge is -2.32. The topological polar surface area (TPSA) is 75.2 Å². The Balaban J connectivity index is 0.00000392. The van der Waals surface area contributed by atoms with Crippen LogP contribution in [0.4, 0.5) is 4.79 Å². The van der Waals surface area contributed by atoms with E-state index in [9.17, 15) is 4.79 Å². The molecule has 0 unspecified atom stereocenters. The van der Waals surface area contributed by atoms with Gasteiger partial charge in [0.15, 0.2) is 5.96 Å². The third-order valence-corrected chi connectivity index (χ3v) is 4.46. The van der Waals surface area contributed by atoms with Gasteiger partial charge >= 0.3 is 6.09 Å². The number of piperidine rings is 1. The number of guanidine groups is 1. The number of halogens is 1. The molecule has 0 saturated carbocycles. The molecule has 158 valence electrons. The number of hydrogen-bond acceptors (Lipinski definition) is 4. The third kappa shape index (κ3) is 8.22. The van der Waals surface area contributed by atoms with Gasteiger partial charge in [-0.1, -0.05) is 24.3 Å². The van der Waals surface area contributed by atoms with Crippen LogP contribution in [0.2, 0.25) is 0 Å². The van der Waals surface area contributed by atoms with Crippen LogP contribution in [-0.2, 0) is 22.6 Å². The first-order valence-corrected chi connectivity index (χ1v) is 9.69. The summed E-state index contributed by atoms with van der Waals surface area (Å²) in [7, 11) is 1.70. The summed E-state index contributed by atoms with van der Waals surface area (Å²) in [6.45, 7) is 7.76. The second kappa shape index (κ2) is 13.6. The van der Waals surface area contributed by atoms with Gasteiger partial charge in [-0.2, -0.15) is 0 Å². The average molecular weight is 504 g/mol. The zero-order valence-corrected chi connectivity index (χ0v) is 19.4. The van der Waals surface area contributed by atoms with Crippen molar-refractivity contribution in [3.05, 3.63) is 35.4 Å². The zero-order chi connectivity index (χ0) is 19.5. The van der Waals surface area contributed by atoms with Crippen molar-refractivity contribution >= 4 is 36.0 Å². The SMILES string of the molecule is CCNC(=NCc1ccc(COC)cc1)NC1CCN(C(=O)OCC)CC1.I. The number of nitrogens with one attached hydrogen (secondary N) is 2. The van der Waals surface area contributed by atoms with E-state index in [1.54, 1.807) is 12.0 Å². The van der Waals surface area contributed by atoms with Gasteiger partial charge in [0.2, 0.25) is 0 Å². The summed E-state index contributed by atoms with van der Waals surface area (Å²) in [5, 5.41) is 6.79. The maximum atomic E-state index is 11.8. The quantitative estimate of drug-likeness (QED) is 0.339. The van der Waals surface area contributed by atoms with E-state index in [1.165, 1.54) is 0 Å². The van der Waals surface area contributed by atoms with Crippen LogP contribution in [0.5, 0.6) is 0 Å². The largest absolute Gasteiger partial charge is 0.450 e. The Kier molecular flexibility index (Phi) is 11.9. The van der Waals surface area contributed by atoms with Crippen LogP contribution in [-0.4, -0.2) is 56.3 Å².